The summed E-state index contributed by atoms with van der Waals surface area (Å²) < 4.78 is 0. The smallest absolute Gasteiger partial charge is 0.260 e. The second kappa shape index (κ2) is 5.82. The predicted molar refractivity (Wildman–Crippen MR) is 68.0 cm³/mol. The third-order valence-electron chi connectivity index (χ3n) is 2.35. The quantitative estimate of drug-likeness (QED) is 0.831. The number of amides is 2. The summed E-state index contributed by atoms with van der Waals surface area (Å²) in [5.74, 6) is -0.227. The lowest BCUT2D eigenvalue weighted by Crippen LogP contribution is -2.33. The standard InChI is InChI=1S/C13H16ClNO2/c1-9(2)8-12(16)15(3)13(17)10-4-6-11(14)7-5-10/h4-7,9H,8H2,1-3H3. The van der Waals surface area contributed by atoms with Gasteiger partial charge in [-0.2, -0.15) is 0 Å². The molecule has 0 heterocycles. The van der Waals surface area contributed by atoms with E-state index in [1.807, 2.05) is 13.8 Å². The molecule has 1 rings (SSSR count). The van der Waals surface area contributed by atoms with Gasteiger partial charge in [0.25, 0.3) is 5.91 Å². The van der Waals surface area contributed by atoms with Crippen LogP contribution in [0.4, 0.5) is 0 Å². The van der Waals surface area contributed by atoms with E-state index in [0.29, 0.717) is 17.0 Å². The molecule has 0 saturated carbocycles. The van der Waals surface area contributed by atoms with Crippen molar-refractivity contribution in [2.45, 2.75) is 20.3 Å². The van der Waals surface area contributed by atoms with Gasteiger partial charge in [-0.3, -0.25) is 14.5 Å². The zero-order valence-corrected chi connectivity index (χ0v) is 11.0. The number of benzene rings is 1. The molecule has 92 valence electrons. The summed E-state index contributed by atoms with van der Waals surface area (Å²) in [6.45, 7) is 3.89. The maximum atomic E-state index is 11.9. The highest BCUT2D eigenvalue weighted by Crippen LogP contribution is 2.12. The molecule has 0 aliphatic carbocycles. The summed E-state index contributed by atoms with van der Waals surface area (Å²) in [4.78, 5) is 24.8. The molecular formula is C13H16ClNO2. The normalized spacial score (nSPS) is 10.4. The third kappa shape index (κ3) is 3.86. The van der Waals surface area contributed by atoms with Gasteiger partial charge < -0.3 is 0 Å². The number of hydrogen-bond acceptors (Lipinski definition) is 2. The second-order valence-corrected chi connectivity index (χ2v) is 4.80. The minimum absolute atomic E-state index is 0.167. The number of nitrogens with zero attached hydrogens (tertiary/aromatic N) is 1. The first-order chi connectivity index (χ1) is 7.91. The number of halogens is 1. The molecule has 0 unspecified atom stereocenters. The Labute approximate surface area is 106 Å². The van der Waals surface area contributed by atoms with Crippen LogP contribution in [-0.4, -0.2) is 23.8 Å². The fourth-order valence-electron chi connectivity index (χ4n) is 1.39. The largest absolute Gasteiger partial charge is 0.282 e. The molecule has 0 aliphatic heterocycles. The zero-order chi connectivity index (χ0) is 13.0. The molecule has 0 spiro atoms. The topological polar surface area (TPSA) is 37.4 Å². The summed E-state index contributed by atoms with van der Waals surface area (Å²) in [5.41, 5.74) is 0.467. The Bertz CT molecular complexity index is 412. The highest BCUT2D eigenvalue weighted by atomic mass is 35.5. The average Bonchev–Trinajstić information content (AvgIpc) is 2.27. The Kier molecular flexibility index (Phi) is 4.70. The van der Waals surface area contributed by atoms with Crippen LogP contribution < -0.4 is 0 Å². The Morgan fingerprint density at radius 3 is 2.24 bits per heavy atom. The lowest BCUT2D eigenvalue weighted by Gasteiger charge is -2.16. The van der Waals surface area contributed by atoms with Gasteiger partial charge in [-0.05, 0) is 30.2 Å². The number of carbonyl (C=O) groups excluding carboxylic acids is 2. The van der Waals surface area contributed by atoms with E-state index in [0.717, 1.165) is 4.90 Å². The van der Waals surface area contributed by atoms with Crippen LogP contribution in [0.3, 0.4) is 0 Å². The predicted octanol–water partition coefficient (Wildman–Crippen LogP) is 2.98. The van der Waals surface area contributed by atoms with Crippen molar-refractivity contribution in [1.29, 1.82) is 0 Å². The summed E-state index contributed by atoms with van der Waals surface area (Å²) >= 11 is 5.74. The van der Waals surface area contributed by atoms with E-state index in [9.17, 15) is 9.59 Å². The molecule has 1 aromatic carbocycles. The summed E-state index contributed by atoms with van der Waals surface area (Å²) in [7, 11) is 1.50. The monoisotopic (exact) mass is 253 g/mol. The van der Waals surface area contributed by atoms with Gasteiger partial charge in [0, 0.05) is 24.1 Å². The molecule has 0 aliphatic rings. The van der Waals surface area contributed by atoms with Gasteiger partial charge in [0.2, 0.25) is 5.91 Å². The van der Waals surface area contributed by atoms with Gasteiger partial charge in [0.15, 0.2) is 0 Å². The molecule has 0 bridgehead atoms. The van der Waals surface area contributed by atoms with Crippen molar-refractivity contribution >= 4 is 23.4 Å². The van der Waals surface area contributed by atoms with E-state index in [1.165, 1.54) is 7.05 Å². The number of imide groups is 1. The van der Waals surface area contributed by atoms with Gasteiger partial charge in [0.1, 0.15) is 0 Å². The molecule has 0 fully saturated rings. The molecule has 0 aromatic heterocycles. The first-order valence-corrected chi connectivity index (χ1v) is 5.86. The van der Waals surface area contributed by atoms with Crippen LogP contribution >= 0.6 is 11.6 Å². The van der Waals surface area contributed by atoms with Crippen molar-refractivity contribution < 1.29 is 9.59 Å². The Hall–Kier alpha value is -1.35. The van der Waals surface area contributed by atoms with E-state index in [2.05, 4.69) is 0 Å². The molecule has 0 N–H and O–H groups in total. The zero-order valence-electron chi connectivity index (χ0n) is 10.2. The molecule has 0 saturated heterocycles. The van der Waals surface area contributed by atoms with E-state index < -0.39 is 0 Å². The van der Waals surface area contributed by atoms with Crippen LogP contribution in [0.25, 0.3) is 0 Å². The summed E-state index contributed by atoms with van der Waals surface area (Å²) in [6.07, 6.45) is 0.371. The molecule has 0 atom stereocenters. The minimum Gasteiger partial charge on any atom is -0.282 e. The first-order valence-electron chi connectivity index (χ1n) is 5.48. The first kappa shape index (κ1) is 13.7. The molecule has 3 nitrogen and oxygen atoms in total. The van der Waals surface area contributed by atoms with Crippen LogP contribution in [-0.2, 0) is 4.79 Å². The van der Waals surface area contributed by atoms with Crippen LogP contribution in [0.5, 0.6) is 0 Å². The van der Waals surface area contributed by atoms with Crippen LogP contribution in [0.1, 0.15) is 30.6 Å². The maximum Gasteiger partial charge on any atom is 0.260 e. The van der Waals surface area contributed by atoms with Crippen molar-refractivity contribution in [3.63, 3.8) is 0 Å². The highest BCUT2D eigenvalue weighted by molar-refractivity contribution is 6.30. The van der Waals surface area contributed by atoms with Gasteiger partial charge >= 0.3 is 0 Å². The lowest BCUT2D eigenvalue weighted by atomic mass is 10.1. The molecular weight excluding hydrogens is 238 g/mol. The van der Waals surface area contributed by atoms with Crippen molar-refractivity contribution in [3.8, 4) is 0 Å². The second-order valence-electron chi connectivity index (χ2n) is 4.36. The SMILES string of the molecule is CC(C)CC(=O)N(C)C(=O)c1ccc(Cl)cc1. The van der Waals surface area contributed by atoms with E-state index in [-0.39, 0.29) is 17.7 Å². The van der Waals surface area contributed by atoms with Crippen molar-refractivity contribution in [3.05, 3.63) is 34.9 Å². The summed E-state index contributed by atoms with van der Waals surface area (Å²) in [5, 5.41) is 0.567. The third-order valence-corrected chi connectivity index (χ3v) is 2.60. The molecule has 0 radical (unpaired) electrons. The summed E-state index contributed by atoms with van der Waals surface area (Å²) in [6, 6.07) is 6.50. The van der Waals surface area contributed by atoms with Crippen molar-refractivity contribution in [2.75, 3.05) is 7.05 Å². The van der Waals surface area contributed by atoms with E-state index in [4.69, 9.17) is 11.6 Å². The molecule has 2 amide bonds. The van der Waals surface area contributed by atoms with Crippen LogP contribution in [0, 0.1) is 5.92 Å². The highest BCUT2D eigenvalue weighted by Gasteiger charge is 2.18. The fourth-order valence-corrected chi connectivity index (χ4v) is 1.51. The van der Waals surface area contributed by atoms with E-state index >= 15 is 0 Å². The van der Waals surface area contributed by atoms with Crippen molar-refractivity contribution in [1.82, 2.24) is 4.90 Å². The van der Waals surface area contributed by atoms with Crippen molar-refractivity contribution in [2.24, 2.45) is 5.92 Å². The average molecular weight is 254 g/mol. The number of carbonyl (C=O) groups is 2. The lowest BCUT2D eigenvalue weighted by molar-refractivity contribution is -0.128. The van der Waals surface area contributed by atoms with Gasteiger partial charge in [-0.1, -0.05) is 25.4 Å². The van der Waals surface area contributed by atoms with Crippen LogP contribution in [0.2, 0.25) is 5.02 Å². The fraction of sp³-hybridized carbons (Fsp3) is 0.385. The Balaban J connectivity index is 2.76. The Morgan fingerprint density at radius 1 is 1.24 bits per heavy atom. The maximum absolute atomic E-state index is 11.9. The van der Waals surface area contributed by atoms with Gasteiger partial charge in [-0.25, -0.2) is 0 Å². The molecule has 17 heavy (non-hydrogen) atoms. The van der Waals surface area contributed by atoms with E-state index in [1.54, 1.807) is 24.3 Å². The van der Waals surface area contributed by atoms with Gasteiger partial charge in [-0.15, -0.1) is 0 Å². The van der Waals surface area contributed by atoms with Gasteiger partial charge in [0.05, 0.1) is 0 Å². The number of rotatable bonds is 3. The molecule has 1 aromatic rings. The Morgan fingerprint density at radius 2 is 1.76 bits per heavy atom. The number of hydrogen-bond donors (Lipinski definition) is 0. The molecule has 4 heteroatoms. The van der Waals surface area contributed by atoms with Crippen LogP contribution in [0.15, 0.2) is 24.3 Å². The minimum atomic E-state index is -0.299.